The molecule has 1 amide bonds. The van der Waals surface area contributed by atoms with Gasteiger partial charge in [-0.05, 0) is 0 Å². The van der Waals surface area contributed by atoms with E-state index in [1.807, 2.05) is 0 Å². The molecule has 1 saturated heterocycles. The van der Waals surface area contributed by atoms with E-state index in [1.54, 1.807) is 0 Å². The van der Waals surface area contributed by atoms with Crippen LogP contribution in [0.3, 0.4) is 0 Å². The number of allylic oxidation sites excluding steroid dienone is 1. The molecular weight excluding hydrogens is 317 g/mol. The van der Waals surface area contributed by atoms with E-state index in [2.05, 4.69) is 5.10 Å². The van der Waals surface area contributed by atoms with Crippen molar-refractivity contribution in [3.63, 3.8) is 0 Å². The highest BCUT2D eigenvalue weighted by Gasteiger charge is 2.68. The Labute approximate surface area is 129 Å². The molecule has 1 atom stereocenters. The number of alkyl halides is 3. The first-order valence-electron chi connectivity index (χ1n) is 6.50. The van der Waals surface area contributed by atoms with Crippen LogP contribution in [0.15, 0.2) is 24.3 Å². The number of halogens is 3. The number of carbonyl (C=O) groups excluding carboxylic acids is 1. The molecule has 1 N–H and O–H groups in total. The molecule has 0 spiro atoms. The first-order valence-corrected chi connectivity index (χ1v) is 6.50. The summed E-state index contributed by atoms with van der Waals surface area (Å²) in [5, 5.41) is 12.9. The normalized spacial score (nSPS) is 23.7. The number of rotatable bonds is 2. The van der Waals surface area contributed by atoms with Crippen LogP contribution < -0.4 is 0 Å². The predicted octanol–water partition coefficient (Wildman–Crippen LogP) is 1.19. The molecule has 10 heteroatoms. The second-order valence-corrected chi connectivity index (χ2v) is 5.48. The second kappa shape index (κ2) is 5.28. The molecule has 1 fully saturated rings. The number of amides is 1. The van der Waals surface area contributed by atoms with Crippen molar-refractivity contribution in [1.82, 2.24) is 19.6 Å². The summed E-state index contributed by atoms with van der Waals surface area (Å²) in [7, 11) is 4.38. The van der Waals surface area contributed by atoms with E-state index in [-0.39, 0.29) is 5.56 Å². The van der Waals surface area contributed by atoms with Gasteiger partial charge in [0.05, 0.1) is 12.7 Å². The lowest BCUT2D eigenvalue weighted by Crippen LogP contribution is -2.49. The van der Waals surface area contributed by atoms with E-state index in [0.29, 0.717) is 4.90 Å². The highest BCUT2D eigenvalue weighted by molar-refractivity contribution is 6.08. The van der Waals surface area contributed by atoms with Crippen LogP contribution in [0.2, 0.25) is 0 Å². The van der Waals surface area contributed by atoms with Gasteiger partial charge in [-0.3, -0.25) is 14.4 Å². The standard InChI is InChI=1S/C13H15F3N4O3/c1-18(2)6-9-10(21)12(13(14,15)16,7-20(9)11(22)23)8-4-17-19(3)5-8/h4-6H,7H2,1-3H3,(H,22,23)/b9-6+. The molecule has 0 radical (unpaired) electrons. The summed E-state index contributed by atoms with van der Waals surface area (Å²) in [5.74, 6) is -1.31. The Morgan fingerprint density at radius 1 is 1.48 bits per heavy atom. The van der Waals surface area contributed by atoms with E-state index in [4.69, 9.17) is 0 Å². The Morgan fingerprint density at radius 3 is 2.48 bits per heavy atom. The largest absolute Gasteiger partial charge is 0.465 e. The number of carbonyl (C=O) groups is 2. The van der Waals surface area contributed by atoms with Gasteiger partial charge in [0.2, 0.25) is 5.78 Å². The highest BCUT2D eigenvalue weighted by atomic mass is 19.4. The van der Waals surface area contributed by atoms with Crippen molar-refractivity contribution in [1.29, 1.82) is 0 Å². The van der Waals surface area contributed by atoms with Gasteiger partial charge in [0, 0.05) is 39.1 Å². The molecule has 0 bridgehead atoms. The van der Waals surface area contributed by atoms with Gasteiger partial charge in [0.15, 0.2) is 5.41 Å². The van der Waals surface area contributed by atoms with Crippen molar-refractivity contribution in [2.75, 3.05) is 20.6 Å². The van der Waals surface area contributed by atoms with Crippen molar-refractivity contribution in [2.24, 2.45) is 7.05 Å². The van der Waals surface area contributed by atoms with Crippen LogP contribution in [0.25, 0.3) is 0 Å². The third-order valence-electron chi connectivity index (χ3n) is 3.60. The molecule has 1 aliphatic rings. The quantitative estimate of drug-likeness (QED) is 0.823. The van der Waals surface area contributed by atoms with Crippen molar-refractivity contribution in [3.05, 3.63) is 29.9 Å². The molecule has 126 valence electrons. The molecule has 23 heavy (non-hydrogen) atoms. The lowest BCUT2D eigenvalue weighted by Gasteiger charge is -2.28. The van der Waals surface area contributed by atoms with Gasteiger partial charge in [-0.15, -0.1) is 0 Å². The minimum atomic E-state index is -4.97. The number of ketones is 1. The number of Topliss-reactive ketones (excluding diaryl/α,β-unsaturated/α-hetero) is 1. The Kier molecular flexibility index (Phi) is 3.87. The average Bonchev–Trinajstić information content (AvgIpc) is 2.92. The van der Waals surface area contributed by atoms with E-state index in [0.717, 1.165) is 23.3 Å². The van der Waals surface area contributed by atoms with Crippen LogP contribution in [-0.4, -0.2) is 63.4 Å². The maximum Gasteiger partial charge on any atom is 0.412 e. The maximum atomic E-state index is 13.8. The number of likely N-dealkylation sites (tertiary alicyclic amines) is 1. The minimum absolute atomic E-state index is 0.383. The van der Waals surface area contributed by atoms with Crippen LogP contribution >= 0.6 is 0 Å². The fourth-order valence-electron chi connectivity index (χ4n) is 2.52. The van der Waals surface area contributed by atoms with Crippen molar-refractivity contribution >= 4 is 11.9 Å². The zero-order chi connectivity index (χ0) is 17.6. The zero-order valence-electron chi connectivity index (χ0n) is 12.6. The van der Waals surface area contributed by atoms with Crippen LogP contribution in [0.5, 0.6) is 0 Å². The van der Waals surface area contributed by atoms with Gasteiger partial charge in [-0.25, -0.2) is 4.79 Å². The third-order valence-corrected chi connectivity index (χ3v) is 3.60. The summed E-state index contributed by atoms with van der Waals surface area (Å²) >= 11 is 0. The molecule has 2 heterocycles. The number of hydrogen-bond acceptors (Lipinski definition) is 4. The van der Waals surface area contributed by atoms with E-state index in [9.17, 15) is 27.9 Å². The van der Waals surface area contributed by atoms with Gasteiger partial charge in [-0.1, -0.05) is 0 Å². The van der Waals surface area contributed by atoms with Crippen LogP contribution in [0.4, 0.5) is 18.0 Å². The Hall–Kier alpha value is -2.52. The van der Waals surface area contributed by atoms with Gasteiger partial charge < -0.3 is 10.0 Å². The monoisotopic (exact) mass is 332 g/mol. The number of nitrogens with zero attached hydrogens (tertiary/aromatic N) is 4. The average molecular weight is 332 g/mol. The van der Waals surface area contributed by atoms with Crippen molar-refractivity contribution in [2.45, 2.75) is 11.6 Å². The highest BCUT2D eigenvalue weighted by Crippen LogP contribution is 2.48. The zero-order valence-corrected chi connectivity index (χ0v) is 12.6. The van der Waals surface area contributed by atoms with Gasteiger partial charge in [-0.2, -0.15) is 18.3 Å². The lowest BCUT2D eigenvalue weighted by atomic mass is 9.79. The minimum Gasteiger partial charge on any atom is -0.465 e. The summed E-state index contributed by atoms with van der Waals surface area (Å²) in [6.45, 7) is -1.03. The van der Waals surface area contributed by atoms with Crippen molar-refractivity contribution in [3.8, 4) is 0 Å². The summed E-state index contributed by atoms with van der Waals surface area (Å²) in [4.78, 5) is 25.6. The third kappa shape index (κ3) is 2.53. The second-order valence-electron chi connectivity index (χ2n) is 5.48. The molecular formula is C13H15F3N4O3. The van der Waals surface area contributed by atoms with Gasteiger partial charge >= 0.3 is 12.3 Å². The summed E-state index contributed by atoms with van der Waals surface area (Å²) in [6.07, 6.45) is -3.52. The first kappa shape index (κ1) is 16.8. The number of aromatic nitrogens is 2. The molecule has 1 aromatic heterocycles. The fourth-order valence-corrected chi connectivity index (χ4v) is 2.52. The summed E-state index contributed by atoms with van der Waals surface area (Å²) < 4.78 is 42.5. The molecule has 1 unspecified atom stereocenters. The van der Waals surface area contributed by atoms with E-state index >= 15 is 0 Å². The Balaban J connectivity index is 2.70. The number of hydrogen-bond donors (Lipinski definition) is 1. The Bertz CT molecular complexity index is 680. The molecule has 7 nitrogen and oxygen atoms in total. The van der Waals surface area contributed by atoms with Crippen molar-refractivity contribution < 1.29 is 27.9 Å². The maximum absolute atomic E-state index is 13.8. The fraction of sp³-hybridized carbons (Fsp3) is 0.462. The molecule has 0 saturated carbocycles. The smallest absolute Gasteiger partial charge is 0.412 e. The van der Waals surface area contributed by atoms with E-state index < -0.39 is 35.7 Å². The lowest BCUT2D eigenvalue weighted by molar-refractivity contribution is -0.188. The SMILES string of the molecule is CN(C)/C=C1\C(=O)C(c2cnn(C)c2)(C(F)(F)F)CN1C(=O)O. The summed E-state index contributed by atoms with van der Waals surface area (Å²) in [5.41, 5.74) is -3.86. The molecule has 0 aromatic carbocycles. The number of aryl methyl sites for hydroxylation is 1. The molecule has 0 aliphatic carbocycles. The van der Waals surface area contributed by atoms with E-state index in [1.165, 1.54) is 26.0 Å². The van der Waals surface area contributed by atoms with Crippen LogP contribution in [-0.2, 0) is 17.3 Å². The Morgan fingerprint density at radius 2 is 2.09 bits per heavy atom. The molecule has 1 aromatic rings. The van der Waals surface area contributed by atoms with Crippen LogP contribution in [0, 0.1) is 0 Å². The topological polar surface area (TPSA) is 78.7 Å². The molecule has 1 aliphatic heterocycles. The number of carboxylic acid groups (broad SMARTS) is 1. The van der Waals surface area contributed by atoms with Gasteiger partial charge in [0.1, 0.15) is 5.70 Å². The predicted molar refractivity (Wildman–Crippen MR) is 72.4 cm³/mol. The first-order chi connectivity index (χ1) is 10.5. The molecule has 2 rings (SSSR count). The van der Waals surface area contributed by atoms with Crippen LogP contribution in [0.1, 0.15) is 5.56 Å². The summed E-state index contributed by atoms with van der Waals surface area (Å²) in [6, 6.07) is 0. The van der Waals surface area contributed by atoms with Gasteiger partial charge in [0.25, 0.3) is 0 Å².